The van der Waals surface area contributed by atoms with Crippen molar-refractivity contribution in [3.8, 4) is 5.75 Å². The third-order valence-electron chi connectivity index (χ3n) is 4.21. The summed E-state index contributed by atoms with van der Waals surface area (Å²) in [4.78, 5) is 14.6. The first-order valence-corrected chi connectivity index (χ1v) is 8.93. The molecule has 1 unspecified atom stereocenters. The molecule has 0 heterocycles. The maximum atomic E-state index is 12.6. The number of rotatable bonds is 8. The SMILES string of the molecule is CC(C)C(C(=O)N/N=C/c1ccc(N(C)C)cc1)c1ccc(OC(F)F)cc1. The smallest absolute Gasteiger partial charge is 0.387 e. The zero-order valence-corrected chi connectivity index (χ0v) is 16.4. The number of halogens is 2. The van der Waals surface area contributed by atoms with E-state index in [9.17, 15) is 13.6 Å². The van der Waals surface area contributed by atoms with E-state index in [0.717, 1.165) is 11.3 Å². The lowest BCUT2D eigenvalue weighted by molar-refractivity contribution is -0.123. The highest BCUT2D eigenvalue weighted by molar-refractivity contribution is 5.86. The van der Waals surface area contributed by atoms with E-state index in [1.807, 2.05) is 57.1 Å². The molecule has 2 rings (SSSR count). The molecule has 0 radical (unpaired) electrons. The van der Waals surface area contributed by atoms with Crippen LogP contribution in [-0.2, 0) is 4.79 Å². The van der Waals surface area contributed by atoms with E-state index in [4.69, 9.17) is 0 Å². The maximum absolute atomic E-state index is 12.6. The number of hydrogen-bond acceptors (Lipinski definition) is 4. The van der Waals surface area contributed by atoms with Gasteiger partial charge in [0.2, 0.25) is 5.91 Å². The van der Waals surface area contributed by atoms with Gasteiger partial charge >= 0.3 is 6.61 Å². The van der Waals surface area contributed by atoms with Gasteiger partial charge in [-0.05, 0) is 41.3 Å². The van der Waals surface area contributed by atoms with Crippen LogP contribution in [0.3, 0.4) is 0 Å². The van der Waals surface area contributed by atoms with Crippen molar-refractivity contribution in [2.75, 3.05) is 19.0 Å². The van der Waals surface area contributed by atoms with Crippen LogP contribution in [0, 0.1) is 5.92 Å². The highest BCUT2D eigenvalue weighted by Crippen LogP contribution is 2.27. The lowest BCUT2D eigenvalue weighted by Gasteiger charge is -2.19. The summed E-state index contributed by atoms with van der Waals surface area (Å²) in [6.07, 6.45) is 1.58. The second-order valence-corrected chi connectivity index (χ2v) is 6.89. The molecule has 2 aromatic carbocycles. The summed E-state index contributed by atoms with van der Waals surface area (Å²) < 4.78 is 28.9. The molecule has 150 valence electrons. The average molecular weight is 389 g/mol. The number of hydrogen-bond donors (Lipinski definition) is 1. The van der Waals surface area contributed by atoms with Gasteiger partial charge in [-0.2, -0.15) is 13.9 Å². The number of carbonyl (C=O) groups is 1. The summed E-state index contributed by atoms with van der Waals surface area (Å²) in [5.74, 6) is -0.676. The van der Waals surface area contributed by atoms with Crippen molar-refractivity contribution in [1.29, 1.82) is 0 Å². The Kier molecular flexibility index (Phi) is 7.49. The van der Waals surface area contributed by atoms with Gasteiger partial charge in [0.15, 0.2) is 0 Å². The fraction of sp³-hybridized carbons (Fsp3) is 0.333. The van der Waals surface area contributed by atoms with Crippen molar-refractivity contribution in [2.45, 2.75) is 26.4 Å². The first-order valence-electron chi connectivity index (χ1n) is 8.93. The summed E-state index contributed by atoms with van der Waals surface area (Å²) >= 11 is 0. The molecule has 0 saturated heterocycles. The summed E-state index contributed by atoms with van der Waals surface area (Å²) in [7, 11) is 3.92. The Hall–Kier alpha value is -2.96. The standard InChI is InChI=1S/C21H25F2N3O2/c1-14(2)19(16-7-11-18(12-8-16)28-21(22)23)20(27)25-24-13-15-5-9-17(10-6-15)26(3)4/h5-14,19,21H,1-4H3,(H,25,27)/b24-13+. The van der Waals surface area contributed by atoms with Crippen molar-refractivity contribution < 1.29 is 18.3 Å². The lowest BCUT2D eigenvalue weighted by atomic mass is 9.88. The quantitative estimate of drug-likeness (QED) is 0.543. The van der Waals surface area contributed by atoms with Crippen molar-refractivity contribution >= 4 is 17.8 Å². The molecule has 0 bridgehead atoms. The Morgan fingerprint density at radius 3 is 2.18 bits per heavy atom. The number of nitrogens with zero attached hydrogens (tertiary/aromatic N) is 2. The molecule has 1 atom stereocenters. The molecular weight excluding hydrogens is 364 g/mol. The largest absolute Gasteiger partial charge is 0.435 e. The molecule has 0 aliphatic carbocycles. The Balaban J connectivity index is 2.04. The second kappa shape index (κ2) is 9.82. The van der Waals surface area contributed by atoms with E-state index in [1.54, 1.807) is 18.3 Å². The average Bonchev–Trinajstić information content (AvgIpc) is 2.63. The first-order chi connectivity index (χ1) is 13.3. The number of amides is 1. The van der Waals surface area contributed by atoms with Crippen molar-refractivity contribution in [3.05, 3.63) is 59.7 Å². The maximum Gasteiger partial charge on any atom is 0.387 e. The molecule has 1 N–H and O–H groups in total. The van der Waals surface area contributed by atoms with Gasteiger partial charge in [0.05, 0.1) is 12.1 Å². The Morgan fingerprint density at radius 1 is 1.07 bits per heavy atom. The van der Waals surface area contributed by atoms with E-state index in [2.05, 4.69) is 15.3 Å². The van der Waals surface area contributed by atoms with E-state index >= 15 is 0 Å². The third kappa shape index (κ3) is 6.04. The number of carbonyl (C=O) groups excluding carboxylic acids is 1. The lowest BCUT2D eigenvalue weighted by Crippen LogP contribution is -2.28. The molecule has 0 spiro atoms. The van der Waals surface area contributed by atoms with Gasteiger partial charge in [0.1, 0.15) is 5.75 Å². The highest BCUT2D eigenvalue weighted by Gasteiger charge is 2.24. The fourth-order valence-corrected chi connectivity index (χ4v) is 2.79. The number of anilines is 1. The van der Waals surface area contributed by atoms with E-state index in [0.29, 0.717) is 5.56 Å². The molecule has 0 fully saturated rings. The number of benzene rings is 2. The van der Waals surface area contributed by atoms with E-state index in [-0.39, 0.29) is 17.6 Å². The third-order valence-corrected chi connectivity index (χ3v) is 4.21. The van der Waals surface area contributed by atoms with Gasteiger partial charge < -0.3 is 9.64 Å². The summed E-state index contributed by atoms with van der Waals surface area (Å²) in [6.45, 7) is 0.950. The van der Waals surface area contributed by atoms with Crippen LogP contribution in [0.2, 0.25) is 0 Å². The highest BCUT2D eigenvalue weighted by atomic mass is 19.3. The molecule has 1 amide bonds. The van der Waals surface area contributed by atoms with Gasteiger partial charge in [-0.3, -0.25) is 4.79 Å². The van der Waals surface area contributed by atoms with Crippen LogP contribution in [0.1, 0.15) is 30.9 Å². The summed E-state index contributed by atoms with van der Waals surface area (Å²) in [6, 6.07) is 13.8. The minimum absolute atomic E-state index is 0.00329. The van der Waals surface area contributed by atoms with Crippen molar-refractivity contribution in [1.82, 2.24) is 5.43 Å². The molecule has 5 nitrogen and oxygen atoms in total. The number of ether oxygens (including phenoxy) is 1. The van der Waals surface area contributed by atoms with Gasteiger partial charge in [-0.1, -0.05) is 38.1 Å². The summed E-state index contributed by atoms with van der Waals surface area (Å²) in [5, 5.41) is 4.04. The van der Waals surface area contributed by atoms with Crippen LogP contribution >= 0.6 is 0 Å². The molecule has 0 aliphatic rings. The summed E-state index contributed by atoms with van der Waals surface area (Å²) in [5.41, 5.74) is 5.20. The van der Waals surface area contributed by atoms with Crippen LogP contribution in [0.4, 0.5) is 14.5 Å². The molecule has 2 aromatic rings. The van der Waals surface area contributed by atoms with Gasteiger partial charge in [0.25, 0.3) is 0 Å². The Labute approximate surface area is 164 Å². The minimum atomic E-state index is -2.88. The van der Waals surface area contributed by atoms with E-state index in [1.165, 1.54) is 12.1 Å². The van der Waals surface area contributed by atoms with Crippen LogP contribution in [0.15, 0.2) is 53.6 Å². The monoisotopic (exact) mass is 389 g/mol. The number of alkyl halides is 2. The second-order valence-electron chi connectivity index (χ2n) is 6.89. The Bertz CT molecular complexity index is 788. The Morgan fingerprint density at radius 2 is 1.68 bits per heavy atom. The normalized spacial score (nSPS) is 12.4. The number of hydrazone groups is 1. The molecule has 7 heteroatoms. The van der Waals surface area contributed by atoms with Gasteiger partial charge in [-0.25, -0.2) is 5.43 Å². The predicted octanol–water partition coefficient (Wildman–Crippen LogP) is 4.24. The zero-order valence-electron chi connectivity index (χ0n) is 16.4. The molecule has 0 aromatic heterocycles. The van der Waals surface area contributed by atoms with Crippen LogP contribution in [0.5, 0.6) is 5.75 Å². The predicted molar refractivity (Wildman–Crippen MR) is 107 cm³/mol. The molecule has 0 aliphatic heterocycles. The van der Waals surface area contributed by atoms with Crippen molar-refractivity contribution in [2.24, 2.45) is 11.0 Å². The number of nitrogens with one attached hydrogen (secondary N) is 1. The fourth-order valence-electron chi connectivity index (χ4n) is 2.79. The molecular formula is C21H25F2N3O2. The van der Waals surface area contributed by atoms with E-state index < -0.39 is 12.5 Å². The topological polar surface area (TPSA) is 53.9 Å². The van der Waals surface area contributed by atoms with Crippen LogP contribution in [-0.4, -0.2) is 32.8 Å². The van der Waals surface area contributed by atoms with Gasteiger partial charge in [-0.15, -0.1) is 0 Å². The zero-order chi connectivity index (χ0) is 20.7. The minimum Gasteiger partial charge on any atom is -0.435 e. The molecule has 0 saturated carbocycles. The first kappa shape index (κ1) is 21.3. The molecule has 28 heavy (non-hydrogen) atoms. The van der Waals surface area contributed by atoms with Crippen molar-refractivity contribution in [3.63, 3.8) is 0 Å². The van der Waals surface area contributed by atoms with Gasteiger partial charge in [0, 0.05) is 19.8 Å². The van der Waals surface area contributed by atoms with Crippen LogP contribution in [0.25, 0.3) is 0 Å². The van der Waals surface area contributed by atoms with Crippen LogP contribution < -0.4 is 15.1 Å².